The van der Waals surface area contributed by atoms with Gasteiger partial charge in [-0.05, 0) is 91.4 Å². The topological polar surface area (TPSA) is 57.4 Å². The maximum atomic E-state index is 6.74. The van der Waals surface area contributed by atoms with Gasteiger partial charge in [0, 0.05) is 17.6 Å². The first-order valence-electron chi connectivity index (χ1n) is 11.2. The molecular formula is C24H33ClN2O2S. The summed E-state index contributed by atoms with van der Waals surface area (Å²) in [5.74, 6) is 4.67. The zero-order valence-corrected chi connectivity index (χ0v) is 19.6. The lowest BCUT2D eigenvalue weighted by Gasteiger charge is -2.50. The van der Waals surface area contributed by atoms with E-state index in [2.05, 4.69) is 23.7 Å². The number of thioether (sulfide) groups is 1. The molecule has 0 spiro atoms. The van der Waals surface area contributed by atoms with Crippen LogP contribution < -0.4 is 15.2 Å². The molecule has 2 aliphatic rings. The van der Waals surface area contributed by atoms with Crippen LogP contribution in [0.5, 0.6) is 11.6 Å². The van der Waals surface area contributed by atoms with Crippen LogP contribution >= 0.6 is 23.4 Å². The number of fused-ring (bicyclic) bond motifs is 1. The summed E-state index contributed by atoms with van der Waals surface area (Å²) in [5, 5.41) is 2.54. The van der Waals surface area contributed by atoms with Gasteiger partial charge in [0.25, 0.3) is 0 Å². The van der Waals surface area contributed by atoms with Crippen LogP contribution in [0.1, 0.15) is 51.9 Å². The van der Waals surface area contributed by atoms with Gasteiger partial charge in [0.15, 0.2) is 0 Å². The largest absolute Gasteiger partial charge is 0.489 e. The number of rotatable bonds is 6. The first-order chi connectivity index (χ1) is 14.6. The molecule has 0 radical (unpaired) electrons. The van der Waals surface area contributed by atoms with Gasteiger partial charge < -0.3 is 15.2 Å². The van der Waals surface area contributed by atoms with Gasteiger partial charge in [0.1, 0.15) is 5.75 Å². The van der Waals surface area contributed by atoms with Gasteiger partial charge in [-0.15, -0.1) is 0 Å². The Bertz CT molecular complexity index is 864. The van der Waals surface area contributed by atoms with E-state index in [1.807, 2.05) is 18.2 Å². The van der Waals surface area contributed by atoms with E-state index in [9.17, 15) is 0 Å². The summed E-state index contributed by atoms with van der Waals surface area (Å²) >= 11 is 8.67. The summed E-state index contributed by atoms with van der Waals surface area (Å²) in [6, 6.07) is 6.17. The van der Waals surface area contributed by atoms with Gasteiger partial charge in [0.05, 0.1) is 18.2 Å². The summed E-state index contributed by atoms with van der Waals surface area (Å²) in [6.07, 6.45) is 10.0. The SMILES string of the molecule is CC[C@H](N)C1(C2CCSCC2)CCC(Oc2cc3ccnc(OC)c3cc2Cl)CC1. The molecule has 1 saturated carbocycles. The molecule has 0 bridgehead atoms. The van der Waals surface area contributed by atoms with Crippen LogP contribution in [-0.2, 0) is 0 Å². The first kappa shape index (κ1) is 22.0. The molecule has 164 valence electrons. The van der Waals surface area contributed by atoms with Crippen LogP contribution in [0.2, 0.25) is 5.02 Å². The maximum Gasteiger partial charge on any atom is 0.221 e. The van der Waals surface area contributed by atoms with Gasteiger partial charge in [0.2, 0.25) is 5.88 Å². The molecule has 2 heterocycles. The molecule has 2 fully saturated rings. The minimum Gasteiger partial charge on any atom is -0.489 e. The van der Waals surface area contributed by atoms with E-state index >= 15 is 0 Å². The average Bonchev–Trinajstić information content (AvgIpc) is 2.80. The summed E-state index contributed by atoms with van der Waals surface area (Å²) in [4.78, 5) is 4.26. The predicted octanol–water partition coefficient (Wildman–Crippen LogP) is 6.09. The summed E-state index contributed by atoms with van der Waals surface area (Å²) in [5.41, 5.74) is 7.02. The van der Waals surface area contributed by atoms with E-state index in [0.29, 0.717) is 10.9 Å². The third-order valence-electron chi connectivity index (χ3n) is 7.34. The Labute approximate surface area is 189 Å². The Morgan fingerprint density at radius 2 is 1.97 bits per heavy atom. The van der Waals surface area contributed by atoms with Crippen molar-refractivity contribution in [1.29, 1.82) is 0 Å². The van der Waals surface area contributed by atoms with Crippen molar-refractivity contribution in [2.24, 2.45) is 17.1 Å². The molecule has 0 amide bonds. The Balaban J connectivity index is 1.49. The number of aromatic nitrogens is 1. The minimum absolute atomic E-state index is 0.193. The second-order valence-corrected chi connectivity index (χ2v) is 10.4. The summed E-state index contributed by atoms with van der Waals surface area (Å²) < 4.78 is 11.8. The molecule has 4 rings (SSSR count). The first-order valence-corrected chi connectivity index (χ1v) is 12.7. The van der Waals surface area contributed by atoms with E-state index in [4.69, 9.17) is 26.8 Å². The fraction of sp³-hybridized carbons (Fsp3) is 0.625. The second kappa shape index (κ2) is 9.54. The van der Waals surface area contributed by atoms with Gasteiger partial charge in [-0.2, -0.15) is 11.8 Å². The number of methoxy groups -OCH3 is 1. The number of nitrogens with zero attached hydrogens (tertiary/aromatic N) is 1. The van der Waals surface area contributed by atoms with Crippen molar-refractivity contribution >= 4 is 34.1 Å². The number of halogens is 1. The van der Waals surface area contributed by atoms with Crippen molar-refractivity contribution in [2.45, 2.75) is 64.0 Å². The molecule has 0 unspecified atom stereocenters. The third-order valence-corrected chi connectivity index (χ3v) is 8.69. The zero-order chi connectivity index (χ0) is 21.1. The van der Waals surface area contributed by atoms with Crippen molar-refractivity contribution < 1.29 is 9.47 Å². The van der Waals surface area contributed by atoms with Crippen LogP contribution in [0.3, 0.4) is 0 Å². The van der Waals surface area contributed by atoms with Crippen molar-refractivity contribution in [2.75, 3.05) is 18.6 Å². The standard InChI is InChI=1S/C24H33ClN2O2S/c1-3-22(26)24(17-7-12-30-13-8-17)9-4-18(5-10-24)29-21-14-16-6-11-27-23(28-2)19(16)15-20(21)25/h6,11,14-15,17-18,22H,3-5,7-10,12-13,26H2,1-2H3/t18?,22-,24?/m0/s1. The van der Waals surface area contributed by atoms with Gasteiger partial charge in [-0.3, -0.25) is 0 Å². The lowest BCUT2D eigenvalue weighted by molar-refractivity contribution is 0.0102. The normalized spacial score (nSPS) is 26.5. The van der Waals surface area contributed by atoms with Crippen molar-refractivity contribution in [3.63, 3.8) is 0 Å². The quantitative estimate of drug-likeness (QED) is 0.579. The highest BCUT2D eigenvalue weighted by Gasteiger charge is 2.46. The molecule has 2 N–H and O–H groups in total. The smallest absolute Gasteiger partial charge is 0.221 e. The van der Waals surface area contributed by atoms with Gasteiger partial charge >= 0.3 is 0 Å². The molecule has 4 nitrogen and oxygen atoms in total. The number of nitrogens with two attached hydrogens (primary N) is 1. The Kier molecular flexibility index (Phi) is 7.01. The fourth-order valence-corrected chi connectivity index (χ4v) is 6.90. The monoisotopic (exact) mass is 448 g/mol. The van der Waals surface area contributed by atoms with Crippen LogP contribution in [0.4, 0.5) is 0 Å². The number of pyridine rings is 1. The Hall–Kier alpha value is -1.17. The number of hydrogen-bond acceptors (Lipinski definition) is 5. The fourth-order valence-electron chi connectivity index (χ4n) is 5.59. The lowest BCUT2D eigenvalue weighted by Crippen LogP contribution is -2.51. The molecule has 2 aromatic rings. The highest BCUT2D eigenvalue weighted by Crippen LogP contribution is 2.51. The van der Waals surface area contributed by atoms with Crippen molar-refractivity contribution in [1.82, 2.24) is 4.98 Å². The summed E-state index contributed by atoms with van der Waals surface area (Å²) in [7, 11) is 1.63. The molecule has 1 aliphatic heterocycles. The van der Waals surface area contributed by atoms with E-state index in [1.54, 1.807) is 13.3 Å². The molecule has 1 atom stereocenters. The Morgan fingerprint density at radius 3 is 2.63 bits per heavy atom. The third kappa shape index (κ3) is 4.26. The lowest BCUT2D eigenvalue weighted by atomic mass is 9.59. The predicted molar refractivity (Wildman–Crippen MR) is 127 cm³/mol. The second-order valence-electron chi connectivity index (χ2n) is 8.78. The van der Waals surface area contributed by atoms with Crippen LogP contribution in [0.15, 0.2) is 24.4 Å². The molecular weight excluding hydrogens is 416 g/mol. The number of benzene rings is 1. The van der Waals surface area contributed by atoms with Crippen LogP contribution in [0.25, 0.3) is 10.8 Å². The molecule has 1 aromatic carbocycles. The molecule has 6 heteroatoms. The highest BCUT2D eigenvalue weighted by molar-refractivity contribution is 7.99. The van der Waals surface area contributed by atoms with Crippen LogP contribution in [-0.4, -0.2) is 35.7 Å². The molecule has 1 aromatic heterocycles. The minimum atomic E-state index is 0.193. The maximum absolute atomic E-state index is 6.74. The average molecular weight is 449 g/mol. The summed E-state index contributed by atoms with van der Waals surface area (Å²) in [6.45, 7) is 2.24. The molecule has 30 heavy (non-hydrogen) atoms. The zero-order valence-electron chi connectivity index (χ0n) is 18.0. The number of hydrogen-bond donors (Lipinski definition) is 1. The molecule has 1 aliphatic carbocycles. The van der Waals surface area contributed by atoms with E-state index in [0.717, 1.165) is 54.5 Å². The van der Waals surface area contributed by atoms with Crippen molar-refractivity contribution in [3.05, 3.63) is 29.4 Å². The Morgan fingerprint density at radius 1 is 1.23 bits per heavy atom. The van der Waals surface area contributed by atoms with Gasteiger partial charge in [-0.1, -0.05) is 18.5 Å². The number of ether oxygens (including phenoxy) is 2. The molecule has 1 saturated heterocycles. The van der Waals surface area contributed by atoms with Gasteiger partial charge in [-0.25, -0.2) is 4.98 Å². The van der Waals surface area contributed by atoms with Crippen molar-refractivity contribution in [3.8, 4) is 11.6 Å². The van der Waals surface area contributed by atoms with E-state index < -0.39 is 0 Å². The van der Waals surface area contributed by atoms with Crippen LogP contribution in [0, 0.1) is 11.3 Å². The van der Waals surface area contributed by atoms with E-state index in [-0.39, 0.29) is 17.6 Å². The van der Waals surface area contributed by atoms with E-state index in [1.165, 1.54) is 24.3 Å². The highest BCUT2D eigenvalue weighted by atomic mass is 35.5.